The lowest BCUT2D eigenvalue weighted by Gasteiger charge is -2.17. The molecule has 0 aliphatic carbocycles. The van der Waals surface area contributed by atoms with Crippen LogP contribution in [0.3, 0.4) is 0 Å². The lowest BCUT2D eigenvalue weighted by atomic mass is 10.1. The van der Waals surface area contributed by atoms with Crippen LogP contribution in [0.4, 0.5) is 10.2 Å². The number of carbonyl (C=O) groups excluding carboxylic acids is 1. The Morgan fingerprint density at radius 3 is 2.64 bits per heavy atom. The Balaban J connectivity index is 1.34. The van der Waals surface area contributed by atoms with Gasteiger partial charge in [-0.15, -0.1) is 0 Å². The van der Waals surface area contributed by atoms with Gasteiger partial charge in [0, 0.05) is 12.8 Å². The molecular weight excluding hydrogens is 579 g/mol. The number of aromatic nitrogens is 6. The number of hydrogen-bond donors (Lipinski definition) is 5. The fourth-order valence-electron chi connectivity index (χ4n) is 4.65. The van der Waals surface area contributed by atoms with E-state index in [1.165, 1.54) is 17.1 Å². The smallest absolute Gasteiger partial charge is 0.268 e. The molecule has 42 heavy (non-hydrogen) atoms. The van der Waals surface area contributed by atoms with Crippen LogP contribution in [0.5, 0.6) is 0 Å². The number of carbonyl (C=O) groups is 1. The molecule has 0 bridgehead atoms. The van der Waals surface area contributed by atoms with Gasteiger partial charge in [0.15, 0.2) is 23.2 Å². The summed E-state index contributed by atoms with van der Waals surface area (Å²) in [5.41, 5.74) is 0.343. The number of aliphatic hydroxyl groups excluding tert-OH is 3. The van der Waals surface area contributed by atoms with Crippen LogP contribution in [0.2, 0.25) is 0 Å². The van der Waals surface area contributed by atoms with E-state index in [0.29, 0.717) is 25.2 Å². The minimum Gasteiger partial charge on any atom is -0.394 e. The molecule has 0 saturated carbocycles. The molecule has 5 heterocycles. The zero-order chi connectivity index (χ0) is 29.6. The molecule has 2 saturated heterocycles. The summed E-state index contributed by atoms with van der Waals surface area (Å²) in [6, 6.07) is 3.87. The number of nitrogens with zero attached hydrogens (tertiary/aromatic N) is 6. The number of benzene rings is 1. The van der Waals surface area contributed by atoms with E-state index in [-0.39, 0.29) is 33.9 Å². The molecule has 3 aromatic heterocycles. The Labute approximate surface area is 236 Å². The van der Waals surface area contributed by atoms with Gasteiger partial charge in [0.2, 0.25) is 0 Å². The lowest BCUT2D eigenvalue weighted by Crippen LogP contribution is -2.33. The molecular formula is C24H25FN8O8S. The van der Waals surface area contributed by atoms with Crippen molar-refractivity contribution >= 4 is 32.9 Å². The molecule has 0 radical (unpaired) electrons. The third kappa shape index (κ3) is 5.19. The fraction of sp³-hybridized carbons (Fsp3) is 0.375. The monoisotopic (exact) mass is 604 g/mol. The van der Waals surface area contributed by atoms with Crippen molar-refractivity contribution in [3.63, 3.8) is 0 Å². The van der Waals surface area contributed by atoms with E-state index in [2.05, 4.69) is 25.4 Å². The molecule has 222 valence electrons. The van der Waals surface area contributed by atoms with E-state index in [4.69, 9.17) is 9.47 Å². The first kappa shape index (κ1) is 28.1. The van der Waals surface area contributed by atoms with Crippen LogP contribution in [-0.2, 0) is 19.5 Å². The van der Waals surface area contributed by atoms with Crippen LogP contribution < -0.4 is 10.0 Å². The first-order chi connectivity index (χ1) is 20.1. The van der Waals surface area contributed by atoms with Crippen molar-refractivity contribution in [2.75, 3.05) is 25.1 Å². The predicted octanol–water partition coefficient (Wildman–Crippen LogP) is -0.918. The van der Waals surface area contributed by atoms with Crippen molar-refractivity contribution < 1.29 is 42.4 Å². The van der Waals surface area contributed by atoms with Crippen LogP contribution in [0.25, 0.3) is 17.1 Å². The SMILES string of the molecule is O=C(NS(=O)(=O)c1ccc(F)cc1)c1cnn(-c2nc(NC3CCOC3)c3ncn([C@@H]4O[C@H](CO)C(O)C4O)c3n2)c1. The molecule has 4 aromatic rings. The van der Waals surface area contributed by atoms with Gasteiger partial charge in [-0.25, -0.2) is 27.2 Å². The van der Waals surface area contributed by atoms with E-state index in [1.807, 2.05) is 4.72 Å². The van der Waals surface area contributed by atoms with E-state index >= 15 is 0 Å². The second-order valence-corrected chi connectivity index (χ2v) is 11.4. The highest BCUT2D eigenvalue weighted by Crippen LogP contribution is 2.33. The number of fused-ring (bicyclic) bond motifs is 1. The number of aliphatic hydroxyl groups is 3. The fourth-order valence-corrected chi connectivity index (χ4v) is 5.62. The normalized spacial score (nSPS) is 24.3. The van der Waals surface area contributed by atoms with Gasteiger partial charge in [-0.2, -0.15) is 15.1 Å². The van der Waals surface area contributed by atoms with Gasteiger partial charge >= 0.3 is 0 Å². The number of imidazole rings is 1. The van der Waals surface area contributed by atoms with Gasteiger partial charge < -0.3 is 30.1 Å². The Kier molecular flexibility index (Phi) is 7.33. The summed E-state index contributed by atoms with van der Waals surface area (Å²) in [6.07, 6.45) is -0.548. The third-order valence-corrected chi connectivity index (χ3v) is 8.22. The van der Waals surface area contributed by atoms with Crippen molar-refractivity contribution in [3.05, 3.63) is 54.4 Å². The van der Waals surface area contributed by atoms with Crippen LogP contribution in [0.15, 0.2) is 47.9 Å². The number of nitrogens with one attached hydrogen (secondary N) is 2. The van der Waals surface area contributed by atoms with Crippen LogP contribution >= 0.6 is 0 Å². The Morgan fingerprint density at radius 1 is 1.17 bits per heavy atom. The van der Waals surface area contributed by atoms with E-state index in [9.17, 15) is 32.9 Å². The molecule has 3 unspecified atom stereocenters. The highest BCUT2D eigenvalue weighted by molar-refractivity contribution is 7.90. The van der Waals surface area contributed by atoms with Gasteiger partial charge in [-0.1, -0.05) is 0 Å². The number of hydrogen-bond acceptors (Lipinski definition) is 13. The summed E-state index contributed by atoms with van der Waals surface area (Å²) in [7, 11) is -4.30. The molecule has 18 heteroatoms. The van der Waals surface area contributed by atoms with Crippen molar-refractivity contribution in [2.24, 2.45) is 0 Å². The number of sulfonamides is 1. The molecule has 2 aliphatic rings. The number of rotatable bonds is 8. The zero-order valence-corrected chi connectivity index (χ0v) is 22.4. The molecule has 16 nitrogen and oxygen atoms in total. The lowest BCUT2D eigenvalue weighted by molar-refractivity contribution is -0.0511. The number of anilines is 1. The van der Waals surface area contributed by atoms with Gasteiger partial charge in [-0.3, -0.25) is 9.36 Å². The third-order valence-electron chi connectivity index (χ3n) is 6.87. The summed E-state index contributed by atoms with van der Waals surface area (Å²) >= 11 is 0. The van der Waals surface area contributed by atoms with Crippen molar-refractivity contribution in [3.8, 4) is 5.95 Å². The average molecular weight is 605 g/mol. The van der Waals surface area contributed by atoms with Gasteiger partial charge in [0.05, 0.1) is 42.2 Å². The molecule has 6 rings (SSSR count). The summed E-state index contributed by atoms with van der Waals surface area (Å²) in [4.78, 5) is 25.9. The number of halogens is 1. The predicted molar refractivity (Wildman–Crippen MR) is 139 cm³/mol. The molecule has 1 aromatic carbocycles. The van der Waals surface area contributed by atoms with Crippen LogP contribution in [0.1, 0.15) is 23.0 Å². The second-order valence-electron chi connectivity index (χ2n) is 9.69. The zero-order valence-electron chi connectivity index (χ0n) is 21.6. The van der Waals surface area contributed by atoms with E-state index < -0.39 is 52.9 Å². The standard InChI is InChI=1S/C24H25FN8O8S/c25-13-1-3-15(4-2-13)42(38,39)31-22(37)12-7-27-33(8-12)24-29-20(28-14-5-6-40-10-14)17-21(30-24)32(11-26-17)23-19(36)18(35)16(9-34)41-23/h1-4,7-8,11,14,16,18-19,23,34-36H,5-6,9-10H2,(H,31,37)(H,28,29,30)/t14?,16-,18?,19?,23-/m1/s1. The highest BCUT2D eigenvalue weighted by atomic mass is 32.2. The number of amides is 1. The quantitative estimate of drug-likeness (QED) is 0.165. The summed E-state index contributed by atoms with van der Waals surface area (Å²) in [5.74, 6) is -1.38. The molecule has 5 atom stereocenters. The largest absolute Gasteiger partial charge is 0.394 e. The maximum Gasteiger partial charge on any atom is 0.268 e. The van der Waals surface area contributed by atoms with Crippen molar-refractivity contribution in [1.82, 2.24) is 34.0 Å². The molecule has 5 N–H and O–H groups in total. The Bertz CT molecular complexity index is 1720. The summed E-state index contributed by atoms with van der Waals surface area (Å²) in [5, 5.41) is 37.7. The average Bonchev–Trinajstić information content (AvgIpc) is 3.77. The van der Waals surface area contributed by atoms with Crippen LogP contribution in [0, 0.1) is 5.82 Å². The van der Waals surface area contributed by atoms with Crippen molar-refractivity contribution in [1.29, 1.82) is 0 Å². The summed E-state index contributed by atoms with van der Waals surface area (Å²) in [6.45, 7) is 0.449. The first-order valence-electron chi connectivity index (χ1n) is 12.7. The molecule has 0 spiro atoms. The van der Waals surface area contributed by atoms with E-state index in [0.717, 1.165) is 35.1 Å². The first-order valence-corrected chi connectivity index (χ1v) is 14.2. The van der Waals surface area contributed by atoms with Crippen LogP contribution in [-0.4, -0.2) is 103 Å². The van der Waals surface area contributed by atoms with Gasteiger partial charge in [0.25, 0.3) is 21.9 Å². The highest BCUT2D eigenvalue weighted by Gasteiger charge is 2.44. The van der Waals surface area contributed by atoms with Gasteiger partial charge in [0.1, 0.15) is 24.1 Å². The van der Waals surface area contributed by atoms with Gasteiger partial charge in [-0.05, 0) is 30.7 Å². The maximum absolute atomic E-state index is 13.2. The molecule has 1 amide bonds. The Morgan fingerprint density at radius 2 is 1.95 bits per heavy atom. The number of ether oxygens (including phenoxy) is 2. The van der Waals surface area contributed by atoms with E-state index in [1.54, 1.807) is 0 Å². The Hall–Kier alpha value is -4.07. The second kappa shape index (κ2) is 11.0. The molecule has 2 fully saturated rings. The maximum atomic E-state index is 13.2. The minimum atomic E-state index is -4.30. The minimum absolute atomic E-state index is 0.0437. The van der Waals surface area contributed by atoms with Crippen molar-refractivity contribution in [2.45, 2.75) is 41.9 Å². The summed E-state index contributed by atoms with van der Waals surface area (Å²) < 4.78 is 53.9. The molecule has 2 aliphatic heterocycles. The topological polar surface area (TPSA) is 216 Å².